The van der Waals surface area contributed by atoms with Gasteiger partial charge in [0, 0.05) is 7.26 Å². The van der Waals surface area contributed by atoms with Crippen molar-refractivity contribution < 1.29 is 0 Å². The highest BCUT2D eigenvalue weighted by molar-refractivity contribution is 7.75. The number of hydrogen-bond donors (Lipinski definition) is 0. The van der Waals surface area contributed by atoms with E-state index >= 15 is 0 Å². The molecule has 0 fully saturated rings. The highest BCUT2D eigenvalue weighted by atomic mass is 31.2. The Morgan fingerprint density at radius 1 is 1.29 bits per heavy atom. The topological polar surface area (TPSA) is 0 Å². The minimum atomic E-state index is -0.744. The Morgan fingerprint density at radius 3 is 2.57 bits per heavy atom. The van der Waals surface area contributed by atoms with E-state index in [-0.39, 0.29) is 0 Å². The van der Waals surface area contributed by atoms with E-state index in [1.54, 1.807) is 0 Å². The minimum absolute atomic E-state index is 0.744. The van der Waals surface area contributed by atoms with Crippen molar-refractivity contribution in [2.24, 2.45) is 0 Å². The SMILES string of the molecule is C[C@@H]1C=CC[P+]1(C)Cc1ccccc1. The molecule has 0 spiro atoms. The molecule has 1 heteroatoms. The number of hydrogen-bond acceptors (Lipinski definition) is 0. The Bertz CT molecular complexity index is 328. The van der Waals surface area contributed by atoms with Crippen molar-refractivity contribution in [3.8, 4) is 0 Å². The number of allylic oxidation sites excluding steroid dienone is 2. The summed E-state index contributed by atoms with van der Waals surface area (Å²) in [7, 11) is -0.744. The van der Waals surface area contributed by atoms with E-state index < -0.39 is 7.26 Å². The summed E-state index contributed by atoms with van der Waals surface area (Å²) >= 11 is 0. The lowest BCUT2D eigenvalue weighted by Gasteiger charge is -2.22. The molecular weight excluding hydrogens is 187 g/mol. The van der Waals surface area contributed by atoms with Crippen LogP contribution in [0, 0.1) is 0 Å². The zero-order valence-corrected chi connectivity index (χ0v) is 9.87. The Labute approximate surface area is 87.4 Å². The summed E-state index contributed by atoms with van der Waals surface area (Å²) in [5.41, 5.74) is 2.33. The van der Waals surface area contributed by atoms with Crippen molar-refractivity contribution in [3.63, 3.8) is 0 Å². The van der Waals surface area contributed by atoms with Crippen LogP contribution in [0.4, 0.5) is 0 Å². The zero-order chi connectivity index (χ0) is 10.0. The molecule has 0 nitrogen and oxygen atoms in total. The van der Waals surface area contributed by atoms with Crippen LogP contribution in [0.5, 0.6) is 0 Å². The van der Waals surface area contributed by atoms with Crippen LogP contribution in [-0.2, 0) is 6.16 Å². The van der Waals surface area contributed by atoms with Gasteiger partial charge >= 0.3 is 0 Å². The molecule has 0 saturated heterocycles. The van der Waals surface area contributed by atoms with Gasteiger partial charge in [-0.3, -0.25) is 0 Å². The summed E-state index contributed by atoms with van der Waals surface area (Å²) < 4.78 is 0. The fraction of sp³-hybridized carbons (Fsp3) is 0.385. The summed E-state index contributed by atoms with van der Waals surface area (Å²) in [6, 6.07) is 10.9. The van der Waals surface area contributed by atoms with Gasteiger partial charge in [0.05, 0.1) is 24.6 Å². The van der Waals surface area contributed by atoms with Crippen LogP contribution in [0.1, 0.15) is 12.5 Å². The van der Waals surface area contributed by atoms with Gasteiger partial charge in [0.1, 0.15) is 0 Å². The van der Waals surface area contributed by atoms with Gasteiger partial charge in [-0.05, 0) is 24.6 Å². The molecule has 1 aromatic carbocycles. The highest BCUT2D eigenvalue weighted by Crippen LogP contribution is 2.65. The van der Waals surface area contributed by atoms with E-state index in [2.05, 4.69) is 56.1 Å². The highest BCUT2D eigenvalue weighted by Gasteiger charge is 2.39. The average molecular weight is 205 g/mol. The van der Waals surface area contributed by atoms with Gasteiger partial charge in [-0.15, -0.1) is 0 Å². The first-order chi connectivity index (χ1) is 6.71. The molecule has 1 aliphatic heterocycles. The van der Waals surface area contributed by atoms with Gasteiger partial charge in [0.15, 0.2) is 0 Å². The lowest BCUT2D eigenvalue weighted by molar-refractivity contribution is 1.19. The van der Waals surface area contributed by atoms with Gasteiger partial charge in [0.2, 0.25) is 0 Å². The summed E-state index contributed by atoms with van der Waals surface area (Å²) in [4.78, 5) is 0. The standard InChI is InChI=1S/C13H18P/c1-12-7-6-10-14(12,2)11-13-8-4-3-5-9-13/h3-9,12H,10-11H2,1-2H3/q+1/t12-,14?/m1/s1. The second-order valence-electron chi connectivity index (χ2n) is 4.47. The van der Waals surface area contributed by atoms with Crippen LogP contribution in [0.2, 0.25) is 0 Å². The van der Waals surface area contributed by atoms with E-state index in [0.717, 1.165) is 5.66 Å². The smallest absolute Gasteiger partial charge is 0.0622 e. The third-order valence-electron chi connectivity index (χ3n) is 3.31. The molecule has 1 aliphatic rings. The lowest BCUT2D eigenvalue weighted by Crippen LogP contribution is -2.06. The van der Waals surface area contributed by atoms with E-state index in [9.17, 15) is 0 Å². The van der Waals surface area contributed by atoms with Gasteiger partial charge in [0.25, 0.3) is 0 Å². The largest absolute Gasteiger partial charge is 0.0853 e. The fourth-order valence-corrected chi connectivity index (χ4v) is 5.02. The molecule has 0 saturated carbocycles. The second kappa shape index (κ2) is 3.87. The molecule has 14 heavy (non-hydrogen) atoms. The second-order valence-corrected chi connectivity index (χ2v) is 8.93. The summed E-state index contributed by atoms with van der Waals surface area (Å²) in [6.45, 7) is 4.88. The van der Waals surface area contributed by atoms with Crippen LogP contribution >= 0.6 is 7.26 Å². The molecule has 1 aromatic rings. The zero-order valence-electron chi connectivity index (χ0n) is 8.98. The molecular formula is C13H18P+. The van der Waals surface area contributed by atoms with Crippen molar-refractivity contribution in [2.75, 3.05) is 12.8 Å². The Morgan fingerprint density at radius 2 is 2.00 bits per heavy atom. The first-order valence-electron chi connectivity index (χ1n) is 5.25. The molecule has 0 radical (unpaired) electrons. The van der Waals surface area contributed by atoms with Crippen molar-refractivity contribution in [2.45, 2.75) is 18.7 Å². The Balaban J connectivity index is 2.12. The first-order valence-corrected chi connectivity index (χ1v) is 7.93. The lowest BCUT2D eigenvalue weighted by atomic mass is 10.2. The van der Waals surface area contributed by atoms with Crippen LogP contribution in [-0.4, -0.2) is 18.5 Å². The van der Waals surface area contributed by atoms with Crippen molar-refractivity contribution in [3.05, 3.63) is 48.0 Å². The average Bonchev–Trinajstić information content (AvgIpc) is 2.48. The van der Waals surface area contributed by atoms with E-state index in [1.165, 1.54) is 17.9 Å². The molecule has 1 unspecified atom stereocenters. The van der Waals surface area contributed by atoms with Gasteiger partial charge < -0.3 is 0 Å². The molecule has 0 aliphatic carbocycles. The van der Waals surface area contributed by atoms with Crippen LogP contribution in [0.15, 0.2) is 42.5 Å². The predicted octanol–water partition coefficient (Wildman–Crippen LogP) is 3.79. The third-order valence-corrected chi connectivity index (χ3v) is 7.58. The van der Waals surface area contributed by atoms with Gasteiger partial charge in [-0.2, -0.15) is 0 Å². The molecule has 0 bridgehead atoms. The van der Waals surface area contributed by atoms with Crippen molar-refractivity contribution in [1.29, 1.82) is 0 Å². The first kappa shape index (κ1) is 9.93. The minimum Gasteiger partial charge on any atom is -0.0622 e. The number of benzene rings is 1. The fourth-order valence-electron chi connectivity index (χ4n) is 2.08. The summed E-state index contributed by atoms with van der Waals surface area (Å²) in [5, 5.41) is 0. The predicted molar refractivity (Wildman–Crippen MR) is 66.5 cm³/mol. The maximum absolute atomic E-state index is 2.50. The molecule has 0 amide bonds. The monoisotopic (exact) mass is 205 g/mol. The number of rotatable bonds is 2. The van der Waals surface area contributed by atoms with E-state index in [1.807, 2.05) is 0 Å². The van der Waals surface area contributed by atoms with Crippen LogP contribution < -0.4 is 0 Å². The molecule has 2 rings (SSSR count). The summed E-state index contributed by atoms with van der Waals surface area (Å²) in [5.74, 6) is 0. The third kappa shape index (κ3) is 1.91. The maximum Gasteiger partial charge on any atom is 0.0853 e. The van der Waals surface area contributed by atoms with Crippen LogP contribution in [0.25, 0.3) is 0 Å². The van der Waals surface area contributed by atoms with Gasteiger partial charge in [-0.25, -0.2) is 0 Å². The molecule has 0 N–H and O–H groups in total. The Kier molecular flexibility index (Phi) is 2.74. The van der Waals surface area contributed by atoms with E-state index in [4.69, 9.17) is 0 Å². The van der Waals surface area contributed by atoms with Crippen LogP contribution in [0.3, 0.4) is 0 Å². The van der Waals surface area contributed by atoms with Crippen molar-refractivity contribution >= 4 is 7.26 Å². The summed E-state index contributed by atoms with van der Waals surface area (Å²) in [6.07, 6.45) is 7.42. The van der Waals surface area contributed by atoms with Gasteiger partial charge in [-0.1, -0.05) is 30.3 Å². The normalized spacial score (nSPS) is 30.9. The molecule has 74 valence electrons. The Hall–Kier alpha value is -0.610. The molecule has 2 atom stereocenters. The maximum atomic E-state index is 2.50. The van der Waals surface area contributed by atoms with Crippen molar-refractivity contribution in [1.82, 2.24) is 0 Å². The quantitative estimate of drug-likeness (QED) is 0.509. The van der Waals surface area contributed by atoms with E-state index in [0.29, 0.717) is 0 Å². The molecule has 1 heterocycles. The molecule has 0 aromatic heterocycles.